The average Bonchev–Trinajstić information content (AvgIpc) is 2.70. The van der Waals surface area contributed by atoms with E-state index in [0.717, 1.165) is 19.5 Å². The third-order valence-electron chi connectivity index (χ3n) is 4.80. The fourth-order valence-electron chi connectivity index (χ4n) is 3.15. The van der Waals surface area contributed by atoms with Crippen molar-refractivity contribution >= 4 is 11.6 Å². The number of benzene rings is 2. The molecule has 1 amide bonds. The number of carbonyl (C=O) groups is 1. The second kappa shape index (κ2) is 8.64. The summed E-state index contributed by atoms with van der Waals surface area (Å²) < 4.78 is 5.38. The molecule has 1 aliphatic heterocycles. The van der Waals surface area contributed by atoms with Gasteiger partial charge in [0.1, 0.15) is 5.75 Å². The maximum atomic E-state index is 12.0. The number of rotatable bonds is 7. The quantitative estimate of drug-likeness (QED) is 0.599. The van der Waals surface area contributed by atoms with E-state index in [0.29, 0.717) is 12.3 Å². The van der Waals surface area contributed by atoms with Crippen LogP contribution in [0.3, 0.4) is 0 Å². The summed E-state index contributed by atoms with van der Waals surface area (Å²) >= 11 is 0. The highest BCUT2D eigenvalue weighted by molar-refractivity contribution is 5.77. The van der Waals surface area contributed by atoms with Gasteiger partial charge in [0.25, 0.3) is 11.6 Å². The van der Waals surface area contributed by atoms with Crippen LogP contribution in [0.4, 0.5) is 5.69 Å². The molecular weight excluding hydrogens is 346 g/mol. The van der Waals surface area contributed by atoms with Gasteiger partial charge in [-0.15, -0.1) is 0 Å². The van der Waals surface area contributed by atoms with Crippen LogP contribution in [0, 0.1) is 10.1 Å². The first-order chi connectivity index (χ1) is 13.0. The molecule has 1 aliphatic rings. The van der Waals surface area contributed by atoms with Crippen molar-refractivity contribution in [3.05, 3.63) is 69.8 Å². The number of nitro benzene ring substituents is 1. The van der Waals surface area contributed by atoms with E-state index in [1.54, 1.807) is 0 Å². The lowest BCUT2D eigenvalue weighted by Gasteiger charge is -2.33. The van der Waals surface area contributed by atoms with Crippen molar-refractivity contribution in [1.82, 2.24) is 10.2 Å². The zero-order valence-electron chi connectivity index (χ0n) is 15.3. The summed E-state index contributed by atoms with van der Waals surface area (Å²) in [5.41, 5.74) is 2.74. The molecule has 1 atom stereocenters. The summed E-state index contributed by atoms with van der Waals surface area (Å²) in [7, 11) is 0. The molecule has 0 radical (unpaired) electrons. The van der Waals surface area contributed by atoms with E-state index in [-0.39, 0.29) is 24.2 Å². The lowest BCUT2D eigenvalue weighted by Crippen LogP contribution is -2.45. The second-order valence-electron chi connectivity index (χ2n) is 6.68. The van der Waals surface area contributed by atoms with Gasteiger partial charge in [-0.2, -0.15) is 0 Å². The number of ether oxygens (including phenoxy) is 1. The maximum Gasteiger partial charge on any atom is 0.269 e. The number of amides is 1. The van der Waals surface area contributed by atoms with Crippen molar-refractivity contribution in [2.45, 2.75) is 25.9 Å². The molecule has 2 aromatic carbocycles. The normalized spacial score (nSPS) is 14.9. The van der Waals surface area contributed by atoms with Gasteiger partial charge in [-0.05, 0) is 36.6 Å². The highest BCUT2D eigenvalue weighted by Gasteiger charge is 2.20. The minimum atomic E-state index is -0.475. The van der Waals surface area contributed by atoms with E-state index in [1.165, 1.54) is 35.4 Å². The van der Waals surface area contributed by atoms with E-state index >= 15 is 0 Å². The standard InChI is InChI=1S/C20H23N3O4/c1-15(22-11-10-16-4-2-3-5-17(16)13-22)12-21-20(24)14-27-19-8-6-18(7-9-19)23(25)26/h2-9,15H,10-14H2,1H3,(H,21,24). The zero-order valence-corrected chi connectivity index (χ0v) is 15.3. The van der Waals surface area contributed by atoms with Gasteiger partial charge in [-0.3, -0.25) is 19.8 Å². The summed E-state index contributed by atoms with van der Waals surface area (Å²) in [6.45, 7) is 4.41. The molecule has 0 saturated carbocycles. The first-order valence-electron chi connectivity index (χ1n) is 8.97. The molecule has 0 spiro atoms. The molecule has 2 aromatic rings. The number of hydrogen-bond donors (Lipinski definition) is 1. The molecule has 0 saturated heterocycles. The molecule has 0 aliphatic carbocycles. The van der Waals surface area contributed by atoms with Gasteiger partial charge in [0.15, 0.2) is 6.61 Å². The number of nitro groups is 1. The molecule has 0 bridgehead atoms. The molecule has 3 rings (SSSR count). The van der Waals surface area contributed by atoms with Crippen LogP contribution >= 0.6 is 0 Å². The predicted molar refractivity (Wildman–Crippen MR) is 102 cm³/mol. The molecule has 1 unspecified atom stereocenters. The monoisotopic (exact) mass is 369 g/mol. The minimum Gasteiger partial charge on any atom is -0.484 e. The first kappa shape index (κ1) is 18.8. The number of nitrogens with zero attached hydrogens (tertiary/aromatic N) is 2. The lowest BCUT2D eigenvalue weighted by molar-refractivity contribution is -0.384. The van der Waals surface area contributed by atoms with Gasteiger partial charge >= 0.3 is 0 Å². The van der Waals surface area contributed by atoms with E-state index < -0.39 is 4.92 Å². The van der Waals surface area contributed by atoms with E-state index in [4.69, 9.17) is 4.74 Å². The highest BCUT2D eigenvalue weighted by Crippen LogP contribution is 2.20. The van der Waals surface area contributed by atoms with Crippen LogP contribution in [0.2, 0.25) is 0 Å². The third kappa shape index (κ3) is 5.04. The fraction of sp³-hybridized carbons (Fsp3) is 0.350. The molecule has 0 aromatic heterocycles. The van der Waals surface area contributed by atoms with Gasteiger partial charge < -0.3 is 10.1 Å². The molecular formula is C20H23N3O4. The van der Waals surface area contributed by atoms with Crippen LogP contribution in [-0.4, -0.2) is 41.5 Å². The Balaban J connectivity index is 1.42. The number of carbonyl (C=O) groups excluding carboxylic acids is 1. The number of fused-ring (bicyclic) bond motifs is 1. The smallest absolute Gasteiger partial charge is 0.269 e. The van der Waals surface area contributed by atoms with Crippen molar-refractivity contribution in [3.8, 4) is 5.75 Å². The fourth-order valence-corrected chi connectivity index (χ4v) is 3.15. The van der Waals surface area contributed by atoms with Gasteiger partial charge in [0.2, 0.25) is 0 Å². The van der Waals surface area contributed by atoms with Gasteiger partial charge in [-0.1, -0.05) is 24.3 Å². The Hall–Kier alpha value is -2.93. The van der Waals surface area contributed by atoms with Gasteiger partial charge in [-0.25, -0.2) is 0 Å². The van der Waals surface area contributed by atoms with Crippen molar-refractivity contribution in [2.75, 3.05) is 19.7 Å². The molecule has 7 nitrogen and oxygen atoms in total. The van der Waals surface area contributed by atoms with E-state index in [1.807, 2.05) is 0 Å². The number of nitrogens with one attached hydrogen (secondary N) is 1. The third-order valence-corrected chi connectivity index (χ3v) is 4.80. The minimum absolute atomic E-state index is 0.0104. The Bertz CT molecular complexity index is 807. The molecule has 142 valence electrons. The van der Waals surface area contributed by atoms with Gasteiger partial charge in [0, 0.05) is 37.8 Å². The lowest BCUT2D eigenvalue weighted by atomic mass is 9.99. The van der Waals surface area contributed by atoms with Crippen molar-refractivity contribution < 1.29 is 14.5 Å². The Kier molecular flexibility index (Phi) is 6.03. The SMILES string of the molecule is CC(CNC(=O)COc1ccc([N+](=O)[O-])cc1)N1CCc2ccccc2C1. The average molecular weight is 369 g/mol. The largest absolute Gasteiger partial charge is 0.484 e. The van der Waals surface area contributed by atoms with Crippen LogP contribution in [0.5, 0.6) is 5.75 Å². The topological polar surface area (TPSA) is 84.7 Å². The molecule has 7 heteroatoms. The summed E-state index contributed by atoms with van der Waals surface area (Å²) in [5, 5.41) is 13.5. The highest BCUT2D eigenvalue weighted by atomic mass is 16.6. The van der Waals surface area contributed by atoms with E-state index in [9.17, 15) is 14.9 Å². The summed E-state index contributed by atoms with van der Waals surface area (Å²) in [5.74, 6) is 0.217. The molecule has 0 fully saturated rings. The van der Waals surface area contributed by atoms with Crippen LogP contribution in [0.15, 0.2) is 48.5 Å². The number of hydrogen-bond acceptors (Lipinski definition) is 5. The predicted octanol–water partition coefficient (Wildman–Crippen LogP) is 2.54. The Morgan fingerprint density at radius 2 is 1.93 bits per heavy atom. The molecule has 27 heavy (non-hydrogen) atoms. The van der Waals surface area contributed by atoms with E-state index in [2.05, 4.69) is 41.4 Å². The van der Waals surface area contributed by atoms with Crippen LogP contribution in [-0.2, 0) is 17.8 Å². The van der Waals surface area contributed by atoms with Crippen LogP contribution < -0.4 is 10.1 Å². The Labute approximate surface area is 158 Å². The van der Waals surface area contributed by atoms with Crippen molar-refractivity contribution in [1.29, 1.82) is 0 Å². The summed E-state index contributed by atoms with van der Waals surface area (Å²) in [6, 6.07) is 14.4. The van der Waals surface area contributed by atoms with Crippen LogP contribution in [0.25, 0.3) is 0 Å². The zero-order chi connectivity index (χ0) is 19.2. The molecule has 1 heterocycles. The van der Waals surface area contributed by atoms with Crippen LogP contribution in [0.1, 0.15) is 18.1 Å². The summed E-state index contributed by atoms with van der Waals surface area (Å²) in [4.78, 5) is 24.5. The number of non-ortho nitro benzene ring substituents is 1. The Morgan fingerprint density at radius 3 is 2.63 bits per heavy atom. The second-order valence-corrected chi connectivity index (χ2v) is 6.68. The van der Waals surface area contributed by atoms with Crippen molar-refractivity contribution in [3.63, 3.8) is 0 Å². The Morgan fingerprint density at radius 1 is 1.22 bits per heavy atom. The summed E-state index contributed by atoms with van der Waals surface area (Å²) in [6.07, 6.45) is 1.03. The maximum absolute atomic E-state index is 12.0. The van der Waals surface area contributed by atoms with Gasteiger partial charge in [0.05, 0.1) is 4.92 Å². The van der Waals surface area contributed by atoms with Crippen molar-refractivity contribution in [2.24, 2.45) is 0 Å². The first-order valence-corrected chi connectivity index (χ1v) is 8.97. The molecule has 1 N–H and O–H groups in total.